The van der Waals surface area contributed by atoms with Gasteiger partial charge in [-0.05, 0) is 16.5 Å². The van der Waals surface area contributed by atoms with Crippen molar-refractivity contribution in [1.82, 2.24) is 0 Å². The van der Waals surface area contributed by atoms with Crippen LogP contribution in [0.2, 0.25) is 0 Å². The summed E-state index contributed by atoms with van der Waals surface area (Å²) in [4.78, 5) is 0. The van der Waals surface area contributed by atoms with E-state index in [1.165, 1.54) is 17.1 Å². The second-order valence-electron chi connectivity index (χ2n) is 4.03. The first-order valence-electron chi connectivity index (χ1n) is 4.36. The molecule has 12 heavy (non-hydrogen) atoms. The molecule has 0 amide bonds. The molecule has 0 atom stereocenters. The lowest BCUT2D eigenvalue weighted by atomic mass is 9.83. The molecule has 1 heterocycles. The van der Waals surface area contributed by atoms with E-state index in [1.54, 1.807) is 5.56 Å². The second-order valence-corrected chi connectivity index (χ2v) is 5.02. The molecule has 0 nitrogen and oxygen atoms in total. The van der Waals surface area contributed by atoms with Crippen LogP contribution in [0.5, 0.6) is 0 Å². The third-order valence-corrected chi connectivity index (χ3v) is 3.91. The maximum absolute atomic E-state index is 2.33. The van der Waals surface area contributed by atoms with Crippen molar-refractivity contribution in [3.63, 3.8) is 0 Å². The zero-order valence-electron chi connectivity index (χ0n) is 7.63. The Labute approximate surface area is 78.4 Å². The van der Waals surface area contributed by atoms with Crippen molar-refractivity contribution in [2.24, 2.45) is 0 Å². The predicted molar refractivity (Wildman–Crippen MR) is 55.6 cm³/mol. The number of thioether (sulfide) groups is 1. The summed E-state index contributed by atoms with van der Waals surface area (Å²) in [6.45, 7) is 4.66. The number of rotatable bonds is 0. The van der Waals surface area contributed by atoms with Crippen molar-refractivity contribution in [1.29, 1.82) is 0 Å². The first-order chi connectivity index (χ1) is 5.70. The van der Waals surface area contributed by atoms with Crippen LogP contribution in [0.3, 0.4) is 0 Å². The standard InChI is InChI=1S/C11H14S/c1-11(2)8-12-7-9-5-3-4-6-10(9)11/h3-6H,7-8H2,1-2H3. The monoisotopic (exact) mass is 178 g/mol. The molecular weight excluding hydrogens is 164 g/mol. The van der Waals surface area contributed by atoms with Gasteiger partial charge in [0.2, 0.25) is 0 Å². The first kappa shape index (κ1) is 8.18. The number of hydrogen-bond acceptors (Lipinski definition) is 1. The van der Waals surface area contributed by atoms with Crippen LogP contribution in [0.15, 0.2) is 24.3 Å². The van der Waals surface area contributed by atoms with E-state index in [4.69, 9.17) is 0 Å². The van der Waals surface area contributed by atoms with Crippen LogP contribution in [0.4, 0.5) is 0 Å². The highest BCUT2D eigenvalue weighted by molar-refractivity contribution is 7.98. The molecule has 64 valence electrons. The lowest BCUT2D eigenvalue weighted by molar-refractivity contribution is 0.590. The lowest BCUT2D eigenvalue weighted by Gasteiger charge is -2.31. The number of benzene rings is 1. The summed E-state index contributed by atoms with van der Waals surface area (Å²) in [7, 11) is 0. The minimum absolute atomic E-state index is 0.375. The van der Waals surface area contributed by atoms with Crippen molar-refractivity contribution in [2.75, 3.05) is 5.75 Å². The molecule has 0 aromatic heterocycles. The molecule has 1 aliphatic rings. The minimum atomic E-state index is 0.375. The zero-order valence-corrected chi connectivity index (χ0v) is 8.45. The summed E-state index contributed by atoms with van der Waals surface area (Å²) in [5.41, 5.74) is 3.45. The van der Waals surface area contributed by atoms with Crippen LogP contribution in [-0.2, 0) is 11.2 Å². The van der Waals surface area contributed by atoms with E-state index < -0.39 is 0 Å². The van der Waals surface area contributed by atoms with Crippen LogP contribution in [0.25, 0.3) is 0 Å². The van der Waals surface area contributed by atoms with Crippen molar-refractivity contribution >= 4 is 11.8 Å². The minimum Gasteiger partial charge on any atom is -0.156 e. The average molecular weight is 178 g/mol. The van der Waals surface area contributed by atoms with Gasteiger partial charge in [0.25, 0.3) is 0 Å². The largest absolute Gasteiger partial charge is 0.156 e. The summed E-state index contributed by atoms with van der Waals surface area (Å²) in [6, 6.07) is 8.82. The van der Waals surface area contributed by atoms with Gasteiger partial charge < -0.3 is 0 Å². The molecule has 0 spiro atoms. The van der Waals surface area contributed by atoms with Crippen LogP contribution < -0.4 is 0 Å². The van der Waals surface area contributed by atoms with Gasteiger partial charge in [-0.2, -0.15) is 11.8 Å². The van der Waals surface area contributed by atoms with Crippen molar-refractivity contribution < 1.29 is 0 Å². The van der Waals surface area contributed by atoms with E-state index in [2.05, 4.69) is 38.1 Å². The molecule has 0 N–H and O–H groups in total. The molecule has 0 radical (unpaired) electrons. The predicted octanol–water partition coefficient (Wildman–Crippen LogP) is 3.21. The van der Waals surface area contributed by atoms with Crippen LogP contribution in [-0.4, -0.2) is 5.75 Å². The van der Waals surface area contributed by atoms with Gasteiger partial charge in [-0.1, -0.05) is 38.1 Å². The molecule has 1 aliphatic heterocycles. The first-order valence-corrected chi connectivity index (χ1v) is 5.52. The van der Waals surface area contributed by atoms with Gasteiger partial charge >= 0.3 is 0 Å². The van der Waals surface area contributed by atoms with Crippen molar-refractivity contribution in [3.8, 4) is 0 Å². The molecule has 0 saturated carbocycles. The maximum atomic E-state index is 2.33. The highest BCUT2D eigenvalue weighted by atomic mass is 32.2. The van der Waals surface area contributed by atoms with Gasteiger partial charge in [-0.15, -0.1) is 0 Å². The Morgan fingerprint density at radius 2 is 2.00 bits per heavy atom. The number of fused-ring (bicyclic) bond motifs is 1. The van der Waals surface area contributed by atoms with E-state index in [0.717, 1.165) is 0 Å². The molecule has 1 heteroatoms. The summed E-state index contributed by atoms with van der Waals surface area (Å²) >= 11 is 2.04. The molecule has 0 aliphatic carbocycles. The molecule has 0 unspecified atom stereocenters. The van der Waals surface area contributed by atoms with E-state index in [-0.39, 0.29) is 0 Å². The summed E-state index contributed by atoms with van der Waals surface area (Å²) in [6.07, 6.45) is 0. The Balaban J connectivity index is 2.52. The van der Waals surface area contributed by atoms with Crippen molar-refractivity contribution in [2.45, 2.75) is 25.0 Å². The summed E-state index contributed by atoms with van der Waals surface area (Å²) in [5, 5.41) is 0. The average Bonchev–Trinajstić information content (AvgIpc) is 2.04. The Morgan fingerprint density at radius 1 is 1.25 bits per heavy atom. The van der Waals surface area contributed by atoms with Gasteiger partial charge in [-0.25, -0.2) is 0 Å². The normalized spacial score (nSPS) is 20.2. The zero-order chi connectivity index (χ0) is 8.60. The SMILES string of the molecule is CC1(C)CSCc2ccccc21. The van der Waals surface area contributed by atoms with Gasteiger partial charge in [-0.3, -0.25) is 0 Å². The van der Waals surface area contributed by atoms with Crippen LogP contribution in [0, 0.1) is 0 Å². The molecule has 2 rings (SSSR count). The highest BCUT2D eigenvalue weighted by Crippen LogP contribution is 2.37. The smallest absolute Gasteiger partial charge is 0.0187 e. The van der Waals surface area contributed by atoms with E-state index in [1.807, 2.05) is 11.8 Å². The van der Waals surface area contributed by atoms with Gasteiger partial charge in [0.1, 0.15) is 0 Å². The molecule has 0 saturated heterocycles. The quantitative estimate of drug-likeness (QED) is 0.588. The molecule has 1 aromatic rings. The van der Waals surface area contributed by atoms with E-state index >= 15 is 0 Å². The lowest BCUT2D eigenvalue weighted by Crippen LogP contribution is -2.25. The fourth-order valence-corrected chi connectivity index (χ4v) is 3.04. The maximum Gasteiger partial charge on any atom is 0.0187 e. The Morgan fingerprint density at radius 3 is 2.75 bits per heavy atom. The highest BCUT2D eigenvalue weighted by Gasteiger charge is 2.26. The number of hydrogen-bond donors (Lipinski definition) is 0. The van der Waals surface area contributed by atoms with Gasteiger partial charge in [0.05, 0.1) is 0 Å². The third kappa shape index (κ3) is 1.27. The van der Waals surface area contributed by atoms with Crippen molar-refractivity contribution in [3.05, 3.63) is 35.4 Å². The Hall–Kier alpha value is -0.430. The molecule has 0 fully saturated rings. The summed E-state index contributed by atoms with van der Waals surface area (Å²) < 4.78 is 0. The fraction of sp³-hybridized carbons (Fsp3) is 0.455. The van der Waals surface area contributed by atoms with Crippen LogP contribution in [0.1, 0.15) is 25.0 Å². The summed E-state index contributed by atoms with van der Waals surface area (Å²) in [5.74, 6) is 2.45. The topological polar surface area (TPSA) is 0 Å². The van der Waals surface area contributed by atoms with Gasteiger partial charge in [0.15, 0.2) is 0 Å². The van der Waals surface area contributed by atoms with E-state index in [0.29, 0.717) is 5.41 Å². The molecule has 0 bridgehead atoms. The second kappa shape index (κ2) is 2.81. The third-order valence-electron chi connectivity index (χ3n) is 2.47. The Kier molecular flexibility index (Phi) is 1.91. The Bertz CT molecular complexity index is 289. The van der Waals surface area contributed by atoms with E-state index in [9.17, 15) is 0 Å². The fourth-order valence-electron chi connectivity index (χ4n) is 1.80. The van der Waals surface area contributed by atoms with Gasteiger partial charge in [0, 0.05) is 11.5 Å². The molecule has 1 aromatic carbocycles. The molecular formula is C11H14S. The van der Waals surface area contributed by atoms with Crippen LogP contribution >= 0.6 is 11.8 Å².